The van der Waals surface area contributed by atoms with Crippen LogP contribution in [0.3, 0.4) is 0 Å². The van der Waals surface area contributed by atoms with Crippen LogP contribution in [-0.4, -0.2) is 18.8 Å². The molecule has 0 radical (unpaired) electrons. The highest BCUT2D eigenvalue weighted by molar-refractivity contribution is 8.19. The lowest BCUT2D eigenvalue weighted by molar-refractivity contribution is 1.35. The molecule has 16 heavy (non-hydrogen) atoms. The van der Waals surface area contributed by atoms with E-state index in [0.717, 1.165) is 5.56 Å². The summed E-state index contributed by atoms with van der Waals surface area (Å²) in [6.45, 7) is 4.92. The molecule has 0 spiro atoms. The number of hydrogen-bond acceptors (Lipinski definition) is 3. The lowest BCUT2D eigenvalue weighted by atomic mass is 10.2. The summed E-state index contributed by atoms with van der Waals surface area (Å²) in [4.78, 5) is 0. The first-order chi connectivity index (χ1) is 7.61. The van der Waals surface area contributed by atoms with Gasteiger partial charge in [0.25, 0.3) is 0 Å². The average molecular weight is 265 g/mol. The second-order valence-corrected chi connectivity index (χ2v) is 13.4. The van der Waals surface area contributed by atoms with Crippen molar-refractivity contribution >= 4 is 31.6 Å². The van der Waals surface area contributed by atoms with E-state index in [1.807, 2.05) is 12.1 Å². The maximum absolute atomic E-state index is 8.75. The van der Waals surface area contributed by atoms with Gasteiger partial charge in [0.15, 0.2) is 0 Å². The number of benzene rings is 1. The van der Waals surface area contributed by atoms with Crippen LogP contribution in [0.25, 0.3) is 0 Å². The summed E-state index contributed by atoms with van der Waals surface area (Å²) in [5, 5.41) is 11.5. The summed E-state index contributed by atoms with van der Waals surface area (Å²) in [5.74, 6) is 0. The molecular weight excluding hydrogens is 250 g/mol. The SMILES string of the molecule is C[Si]1(C)CSC(c2ccc(C#N)cc2)SC1. The molecule has 1 fully saturated rings. The molecule has 1 nitrogen and oxygen atoms in total. The molecule has 1 heterocycles. The van der Waals surface area contributed by atoms with Crippen LogP contribution in [0, 0.1) is 11.3 Å². The molecule has 4 heteroatoms. The van der Waals surface area contributed by atoms with E-state index in [2.05, 4.69) is 54.8 Å². The van der Waals surface area contributed by atoms with Gasteiger partial charge in [-0.05, 0) is 28.4 Å². The van der Waals surface area contributed by atoms with Gasteiger partial charge in [-0.3, -0.25) is 0 Å². The highest BCUT2D eigenvalue weighted by atomic mass is 32.2. The summed E-state index contributed by atoms with van der Waals surface area (Å²) in [7, 11) is -0.909. The first-order valence-electron chi connectivity index (χ1n) is 5.34. The summed E-state index contributed by atoms with van der Waals surface area (Å²) in [6, 6.07) is 10.2. The third kappa shape index (κ3) is 2.85. The molecule has 1 aliphatic heterocycles. The molecule has 2 rings (SSSR count). The van der Waals surface area contributed by atoms with Gasteiger partial charge in [-0.1, -0.05) is 25.2 Å². The largest absolute Gasteiger partial charge is 0.192 e. The minimum Gasteiger partial charge on any atom is -0.192 e. The Morgan fingerprint density at radius 3 is 2.25 bits per heavy atom. The molecule has 0 bridgehead atoms. The van der Waals surface area contributed by atoms with Gasteiger partial charge in [-0.15, -0.1) is 23.5 Å². The summed E-state index contributed by atoms with van der Waals surface area (Å²) >= 11 is 4.16. The Kier molecular flexibility index (Phi) is 3.68. The number of rotatable bonds is 1. The van der Waals surface area contributed by atoms with Crippen molar-refractivity contribution in [1.29, 1.82) is 5.26 Å². The quantitative estimate of drug-likeness (QED) is 0.721. The molecule has 0 aromatic heterocycles. The van der Waals surface area contributed by atoms with Crippen LogP contribution in [0.15, 0.2) is 24.3 Å². The fourth-order valence-electron chi connectivity index (χ4n) is 1.60. The van der Waals surface area contributed by atoms with E-state index in [-0.39, 0.29) is 0 Å². The van der Waals surface area contributed by atoms with Gasteiger partial charge in [0.1, 0.15) is 0 Å². The molecule has 0 amide bonds. The van der Waals surface area contributed by atoms with Crippen LogP contribution in [0.2, 0.25) is 13.1 Å². The molecule has 84 valence electrons. The average Bonchev–Trinajstić information content (AvgIpc) is 2.29. The maximum atomic E-state index is 8.75. The van der Waals surface area contributed by atoms with E-state index in [4.69, 9.17) is 5.26 Å². The first kappa shape index (κ1) is 12.1. The molecule has 0 saturated carbocycles. The fraction of sp³-hybridized carbons (Fsp3) is 0.417. The zero-order valence-corrected chi connectivity index (χ0v) is 12.2. The maximum Gasteiger partial charge on any atom is 0.0991 e. The van der Waals surface area contributed by atoms with E-state index in [1.165, 1.54) is 16.3 Å². The number of thioether (sulfide) groups is 2. The van der Waals surface area contributed by atoms with E-state index < -0.39 is 8.07 Å². The first-order valence-corrected chi connectivity index (χ1v) is 10.9. The lowest BCUT2D eigenvalue weighted by Gasteiger charge is -2.32. The van der Waals surface area contributed by atoms with Crippen molar-refractivity contribution in [3.63, 3.8) is 0 Å². The van der Waals surface area contributed by atoms with Gasteiger partial charge in [-0.2, -0.15) is 5.26 Å². The van der Waals surface area contributed by atoms with Crippen molar-refractivity contribution in [1.82, 2.24) is 0 Å². The van der Waals surface area contributed by atoms with Gasteiger partial charge in [0.05, 0.1) is 24.3 Å². The van der Waals surface area contributed by atoms with Crippen molar-refractivity contribution in [2.45, 2.75) is 17.7 Å². The Morgan fingerprint density at radius 1 is 1.19 bits per heavy atom. The summed E-state index contributed by atoms with van der Waals surface area (Å²) in [6.07, 6.45) is 0. The smallest absolute Gasteiger partial charge is 0.0991 e. The second kappa shape index (κ2) is 4.87. The highest BCUT2D eigenvalue weighted by Crippen LogP contribution is 2.45. The van der Waals surface area contributed by atoms with E-state index in [9.17, 15) is 0 Å². The fourth-order valence-corrected chi connectivity index (χ4v) is 9.81. The van der Waals surface area contributed by atoms with Crippen LogP contribution in [0.1, 0.15) is 15.7 Å². The molecule has 0 N–H and O–H groups in total. The second-order valence-electron chi connectivity index (χ2n) is 4.85. The van der Waals surface area contributed by atoms with E-state index >= 15 is 0 Å². The van der Waals surface area contributed by atoms with Gasteiger partial charge >= 0.3 is 0 Å². The Morgan fingerprint density at radius 2 is 1.75 bits per heavy atom. The Hall–Kier alpha value is -0.373. The van der Waals surface area contributed by atoms with Crippen molar-refractivity contribution in [3.8, 4) is 6.07 Å². The predicted molar refractivity (Wildman–Crippen MR) is 76.3 cm³/mol. The predicted octanol–water partition coefficient (Wildman–Crippen LogP) is 3.82. The third-order valence-corrected chi connectivity index (χ3v) is 12.1. The Labute approximate surface area is 107 Å². The summed E-state index contributed by atoms with van der Waals surface area (Å²) < 4.78 is 0.577. The Bertz CT molecular complexity index is 398. The van der Waals surface area contributed by atoms with Crippen LogP contribution in [0.4, 0.5) is 0 Å². The molecule has 1 aromatic rings. The standard InChI is InChI=1S/C12H15NS2Si/c1-16(2)8-14-12(15-9-16)11-5-3-10(7-13)4-6-11/h3-6,12H,8-9H2,1-2H3. The van der Waals surface area contributed by atoms with Crippen molar-refractivity contribution in [2.24, 2.45) is 0 Å². The number of nitrogens with zero attached hydrogens (tertiary/aromatic N) is 1. The van der Waals surface area contributed by atoms with Crippen LogP contribution in [-0.2, 0) is 0 Å². The molecular formula is C12H15NS2Si. The van der Waals surface area contributed by atoms with Gasteiger partial charge < -0.3 is 0 Å². The van der Waals surface area contributed by atoms with Crippen molar-refractivity contribution in [2.75, 3.05) is 10.8 Å². The normalized spacial score (nSPS) is 20.3. The highest BCUT2D eigenvalue weighted by Gasteiger charge is 2.30. The van der Waals surface area contributed by atoms with Gasteiger partial charge in [0, 0.05) is 0 Å². The molecule has 0 unspecified atom stereocenters. The molecule has 0 atom stereocenters. The molecule has 1 aliphatic rings. The molecule has 0 aliphatic carbocycles. The lowest BCUT2D eigenvalue weighted by Crippen LogP contribution is -2.36. The molecule has 1 saturated heterocycles. The Balaban J connectivity index is 2.06. The molecule has 1 aromatic carbocycles. The summed E-state index contributed by atoms with van der Waals surface area (Å²) in [5.41, 5.74) is 2.11. The zero-order chi connectivity index (χ0) is 11.6. The van der Waals surface area contributed by atoms with Gasteiger partial charge in [0.2, 0.25) is 0 Å². The van der Waals surface area contributed by atoms with E-state index in [0.29, 0.717) is 4.58 Å². The van der Waals surface area contributed by atoms with E-state index in [1.54, 1.807) is 0 Å². The van der Waals surface area contributed by atoms with Crippen LogP contribution < -0.4 is 0 Å². The van der Waals surface area contributed by atoms with Crippen molar-refractivity contribution < 1.29 is 0 Å². The van der Waals surface area contributed by atoms with Crippen LogP contribution >= 0.6 is 23.5 Å². The number of nitriles is 1. The third-order valence-electron chi connectivity index (χ3n) is 2.56. The zero-order valence-electron chi connectivity index (χ0n) is 9.56. The minimum absolute atomic E-state index is 0.577. The number of hydrogen-bond donors (Lipinski definition) is 0. The topological polar surface area (TPSA) is 23.8 Å². The minimum atomic E-state index is -0.909. The monoisotopic (exact) mass is 265 g/mol. The van der Waals surface area contributed by atoms with Crippen molar-refractivity contribution in [3.05, 3.63) is 35.4 Å². The van der Waals surface area contributed by atoms with Gasteiger partial charge in [-0.25, -0.2) is 0 Å². The van der Waals surface area contributed by atoms with Crippen LogP contribution in [0.5, 0.6) is 0 Å².